The van der Waals surface area contributed by atoms with Crippen LogP contribution in [0.25, 0.3) is 23.1 Å². The fourth-order valence-corrected chi connectivity index (χ4v) is 2.85. The number of aromatic nitrogens is 3. The summed E-state index contributed by atoms with van der Waals surface area (Å²) in [5.41, 5.74) is 9.97. The minimum Gasteiger partial charge on any atom is -0.366 e. The first-order valence-corrected chi connectivity index (χ1v) is 8.44. The number of aromatic amines is 1. The van der Waals surface area contributed by atoms with Crippen LogP contribution in [0, 0.1) is 0 Å². The summed E-state index contributed by atoms with van der Waals surface area (Å²) in [6.07, 6.45) is 5.60. The Morgan fingerprint density at radius 2 is 1.89 bits per heavy atom. The number of pyridine rings is 1. The van der Waals surface area contributed by atoms with E-state index in [0.717, 1.165) is 28.0 Å². The van der Waals surface area contributed by atoms with Gasteiger partial charge >= 0.3 is 0 Å². The SMILES string of the molecule is NC(=O)c1ccccc1Nc1ccc2c(/C=C/c3ccccn3)n[nH]c2c1. The highest BCUT2D eigenvalue weighted by atomic mass is 16.1. The van der Waals surface area contributed by atoms with E-state index in [1.807, 2.05) is 60.7 Å². The predicted molar refractivity (Wildman–Crippen MR) is 108 cm³/mol. The van der Waals surface area contributed by atoms with Crippen LogP contribution in [-0.4, -0.2) is 21.1 Å². The summed E-state index contributed by atoms with van der Waals surface area (Å²) < 4.78 is 0. The van der Waals surface area contributed by atoms with Crippen LogP contribution in [0.3, 0.4) is 0 Å². The third-order valence-corrected chi connectivity index (χ3v) is 4.16. The van der Waals surface area contributed by atoms with Crippen molar-refractivity contribution in [2.24, 2.45) is 5.73 Å². The number of hydrogen-bond acceptors (Lipinski definition) is 4. The molecule has 0 bridgehead atoms. The summed E-state index contributed by atoms with van der Waals surface area (Å²) in [5.74, 6) is -0.470. The summed E-state index contributed by atoms with van der Waals surface area (Å²) in [6, 6.07) is 18.8. The van der Waals surface area contributed by atoms with Crippen LogP contribution in [-0.2, 0) is 0 Å². The van der Waals surface area contributed by atoms with Gasteiger partial charge in [0.25, 0.3) is 5.91 Å². The van der Waals surface area contributed by atoms with Crippen molar-refractivity contribution in [3.63, 3.8) is 0 Å². The van der Waals surface area contributed by atoms with Crippen molar-refractivity contribution in [3.05, 3.63) is 83.8 Å². The summed E-state index contributed by atoms with van der Waals surface area (Å²) in [6.45, 7) is 0. The second kappa shape index (κ2) is 7.13. The highest BCUT2D eigenvalue weighted by Crippen LogP contribution is 2.25. The van der Waals surface area contributed by atoms with Gasteiger partial charge in [-0.25, -0.2) is 0 Å². The number of rotatable bonds is 5. The van der Waals surface area contributed by atoms with Gasteiger partial charge in [-0.15, -0.1) is 0 Å². The number of H-pyrrole nitrogens is 1. The fourth-order valence-electron chi connectivity index (χ4n) is 2.85. The monoisotopic (exact) mass is 355 g/mol. The molecule has 0 unspecified atom stereocenters. The highest BCUT2D eigenvalue weighted by Gasteiger charge is 2.09. The molecule has 2 heterocycles. The normalized spacial score (nSPS) is 11.1. The predicted octanol–water partition coefficient (Wildman–Crippen LogP) is 3.97. The van der Waals surface area contributed by atoms with Crippen LogP contribution in [0.2, 0.25) is 0 Å². The van der Waals surface area contributed by atoms with Crippen molar-refractivity contribution in [3.8, 4) is 0 Å². The number of fused-ring (bicyclic) bond motifs is 1. The number of benzene rings is 2. The van der Waals surface area contributed by atoms with Crippen molar-refractivity contribution >= 4 is 40.3 Å². The van der Waals surface area contributed by atoms with Crippen LogP contribution < -0.4 is 11.1 Å². The molecular formula is C21H17N5O. The lowest BCUT2D eigenvalue weighted by atomic mass is 10.1. The van der Waals surface area contributed by atoms with Crippen LogP contribution in [0.5, 0.6) is 0 Å². The number of carbonyl (C=O) groups excluding carboxylic acids is 1. The zero-order valence-corrected chi connectivity index (χ0v) is 14.4. The first-order valence-electron chi connectivity index (χ1n) is 8.44. The molecule has 6 nitrogen and oxygen atoms in total. The van der Waals surface area contributed by atoms with E-state index in [0.29, 0.717) is 11.3 Å². The smallest absolute Gasteiger partial charge is 0.250 e. The number of para-hydroxylation sites is 1. The van der Waals surface area contributed by atoms with Crippen molar-refractivity contribution < 1.29 is 4.79 Å². The molecule has 0 fully saturated rings. The molecule has 4 N–H and O–H groups in total. The van der Waals surface area contributed by atoms with Crippen molar-refractivity contribution in [1.82, 2.24) is 15.2 Å². The van der Waals surface area contributed by atoms with E-state index < -0.39 is 5.91 Å². The first kappa shape index (κ1) is 16.5. The van der Waals surface area contributed by atoms with E-state index >= 15 is 0 Å². The number of primary amides is 1. The van der Waals surface area contributed by atoms with Gasteiger partial charge in [0.15, 0.2) is 0 Å². The third-order valence-electron chi connectivity index (χ3n) is 4.16. The number of hydrogen-bond donors (Lipinski definition) is 3. The molecule has 2 aromatic heterocycles. The molecular weight excluding hydrogens is 338 g/mol. The molecule has 0 saturated carbocycles. The van der Waals surface area contributed by atoms with Gasteiger partial charge in [0.05, 0.1) is 28.2 Å². The number of nitrogens with one attached hydrogen (secondary N) is 2. The van der Waals surface area contributed by atoms with Gasteiger partial charge in [-0.2, -0.15) is 5.10 Å². The largest absolute Gasteiger partial charge is 0.366 e. The molecule has 0 saturated heterocycles. The fraction of sp³-hybridized carbons (Fsp3) is 0. The number of amides is 1. The first-order chi connectivity index (χ1) is 13.2. The topological polar surface area (TPSA) is 96.7 Å². The second-order valence-corrected chi connectivity index (χ2v) is 5.99. The molecule has 27 heavy (non-hydrogen) atoms. The van der Waals surface area contributed by atoms with Gasteiger partial charge in [-0.05, 0) is 54.6 Å². The summed E-state index contributed by atoms with van der Waals surface area (Å²) in [4.78, 5) is 15.8. The Morgan fingerprint density at radius 1 is 1.04 bits per heavy atom. The lowest BCUT2D eigenvalue weighted by molar-refractivity contribution is 0.100. The van der Waals surface area contributed by atoms with Gasteiger partial charge in [0.2, 0.25) is 0 Å². The zero-order valence-electron chi connectivity index (χ0n) is 14.4. The molecule has 4 rings (SSSR count). The van der Waals surface area contributed by atoms with Crippen LogP contribution in [0.15, 0.2) is 66.9 Å². The van der Waals surface area contributed by atoms with E-state index in [1.54, 1.807) is 18.3 Å². The molecule has 6 heteroatoms. The zero-order chi connectivity index (χ0) is 18.6. The number of nitrogens with two attached hydrogens (primary N) is 1. The minimum atomic E-state index is -0.470. The van der Waals surface area contributed by atoms with E-state index in [1.165, 1.54) is 0 Å². The third kappa shape index (κ3) is 3.55. The summed E-state index contributed by atoms with van der Waals surface area (Å²) in [7, 11) is 0. The average molecular weight is 355 g/mol. The Labute approximate surface area is 155 Å². The molecule has 0 aliphatic carbocycles. The molecule has 0 radical (unpaired) electrons. The van der Waals surface area contributed by atoms with E-state index in [2.05, 4.69) is 20.5 Å². The molecule has 0 aliphatic rings. The van der Waals surface area contributed by atoms with Gasteiger partial charge in [-0.1, -0.05) is 18.2 Å². The number of nitrogens with zero attached hydrogens (tertiary/aromatic N) is 2. The molecule has 1 amide bonds. The van der Waals surface area contributed by atoms with Crippen molar-refractivity contribution in [2.45, 2.75) is 0 Å². The quantitative estimate of drug-likeness (QED) is 0.504. The Bertz CT molecular complexity index is 1130. The second-order valence-electron chi connectivity index (χ2n) is 5.99. The molecule has 0 spiro atoms. The standard InChI is InChI=1S/C21H17N5O/c22-21(27)17-6-1-2-7-18(17)24-15-8-10-16-19(25-26-20(16)13-15)11-9-14-5-3-4-12-23-14/h1-13,24H,(H2,22,27)(H,25,26)/b11-9+. The molecule has 0 aliphatic heterocycles. The van der Waals surface area contributed by atoms with Crippen molar-refractivity contribution in [1.29, 1.82) is 0 Å². The summed E-state index contributed by atoms with van der Waals surface area (Å²) >= 11 is 0. The lowest BCUT2D eigenvalue weighted by Crippen LogP contribution is -2.13. The Balaban J connectivity index is 1.61. The van der Waals surface area contributed by atoms with Crippen molar-refractivity contribution in [2.75, 3.05) is 5.32 Å². The molecule has 132 valence electrons. The van der Waals surface area contributed by atoms with E-state index in [4.69, 9.17) is 5.73 Å². The van der Waals surface area contributed by atoms with E-state index in [9.17, 15) is 4.79 Å². The number of carbonyl (C=O) groups is 1. The Kier molecular flexibility index (Phi) is 4.37. The van der Waals surface area contributed by atoms with Crippen LogP contribution in [0.1, 0.15) is 21.7 Å². The average Bonchev–Trinajstić information content (AvgIpc) is 3.10. The Morgan fingerprint density at radius 3 is 2.70 bits per heavy atom. The molecule has 0 atom stereocenters. The minimum absolute atomic E-state index is 0.446. The van der Waals surface area contributed by atoms with Gasteiger partial charge in [0.1, 0.15) is 0 Å². The lowest BCUT2D eigenvalue weighted by Gasteiger charge is -2.10. The summed E-state index contributed by atoms with van der Waals surface area (Å²) in [5, 5.41) is 11.6. The van der Waals surface area contributed by atoms with Crippen LogP contribution >= 0.6 is 0 Å². The Hall–Kier alpha value is -3.93. The van der Waals surface area contributed by atoms with Gasteiger partial charge in [0, 0.05) is 17.3 Å². The molecule has 2 aromatic carbocycles. The maximum absolute atomic E-state index is 11.6. The maximum atomic E-state index is 11.6. The maximum Gasteiger partial charge on any atom is 0.250 e. The van der Waals surface area contributed by atoms with Gasteiger partial charge in [-0.3, -0.25) is 14.9 Å². The van der Waals surface area contributed by atoms with Gasteiger partial charge < -0.3 is 11.1 Å². The highest BCUT2D eigenvalue weighted by molar-refractivity contribution is 5.99. The molecule has 4 aromatic rings. The number of anilines is 2. The van der Waals surface area contributed by atoms with Crippen LogP contribution in [0.4, 0.5) is 11.4 Å². The van der Waals surface area contributed by atoms with E-state index in [-0.39, 0.29) is 0 Å².